The molecule has 0 heterocycles. The van der Waals surface area contributed by atoms with Gasteiger partial charge in [0, 0.05) is 12.5 Å². The number of sulfonamides is 1. The van der Waals surface area contributed by atoms with Gasteiger partial charge in [0.1, 0.15) is 6.54 Å². The molecule has 0 amide bonds. The van der Waals surface area contributed by atoms with Gasteiger partial charge in [-0.25, -0.2) is 8.42 Å². The Hall–Kier alpha value is -0.810. The molecule has 1 aliphatic rings. The van der Waals surface area contributed by atoms with E-state index < -0.39 is 34.8 Å². The van der Waals surface area contributed by atoms with Gasteiger partial charge in [0.15, 0.2) is 0 Å². The molecule has 0 spiro atoms. The van der Waals surface area contributed by atoms with Gasteiger partial charge in [-0.3, -0.25) is 0 Å². The Kier molecular flexibility index (Phi) is 5.62. The topological polar surface area (TPSA) is 61.2 Å². The van der Waals surface area contributed by atoms with E-state index in [9.17, 15) is 21.6 Å². The number of rotatable bonds is 6. The molecule has 0 unspecified atom stereocenters. The first-order chi connectivity index (χ1) is 8.76. The van der Waals surface area contributed by atoms with Gasteiger partial charge in [0.2, 0.25) is 10.0 Å². The second kappa shape index (κ2) is 6.57. The predicted molar refractivity (Wildman–Crippen MR) is 63.7 cm³/mol. The molecular formula is C11H17F3N2O2S. The zero-order chi connectivity index (χ0) is 14.5. The first-order valence-corrected chi connectivity index (χ1v) is 7.80. The molecule has 0 bridgehead atoms. The molecule has 0 aromatic rings. The lowest BCUT2D eigenvalue weighted by Crippen LogP contribution is -2.40. The third-order valence-corrected chi connectivity index (χ3v) is 5.12. The molecule has 0 radical (unpaired) electrons. The summed E-state index contributed by atoms with van der Waals surface area (Å²) < 4.78 is 61.1. The molecule has 0 aromatic carbocycles. The van der Waals surface area contributed by atoms with Gasteiger partial charge in [-0.2, -0.15) is 22.7 Å². The molecule has 0 atom stereocenters. The molecule has 0 N–H and O–H groups in total. The van der Waals surface area contributed by atoms with E-state index in [1.165, 1.54) is 0 Å². The van der Waals surface area contributed by atoms with Crippen molar-refractivity contribution in [2.45, 2.75) is 50.7 Å². The molecule has 1 saturated carbocycles. The lowest BCUT2D eigenvalue weighted by atomic mass is 10.2. The van der Waals surface area contributed by atoms with Crippen molar-refractivity contribution in [2.24, 2.45) is 0 Å². The summed E-state index contributed by atoms with van der Waals surface area (Å²) >= 11 is 0. The number of hydrogen-bond donors (Lipinski definition) is 0. The molecule has 0 aliphatic heterocycles. The van der Waals surface area contributed by atoms with Gasteiger partial charge in [0.05, 0.1) is 11.8 Å². The van der Waals surface area contributed by atoms with E-state index in [1.807, 2.05) is 0 Å². The van der Waals surface area contributed by atoms with Gasteiger partial charge in [-0.05, 0) is 19.3 Å². The first kappa shape index (κ1) is 16.2. The number of alkyl halides is 3. The average Bonchev–Trinajstić information content (AvgIpc) is 2.76. The summed E-state index contributed by atoms with van der Waals surface area (Å²) in [6.45, 7) is -0.279. The van der Waals surface area contributed by atoms with Crippen molar-refractivity contribution in [1.29, 1.82) is 5.26 Å². The molecule has 0 saturated heterocycles. The fraction of sp³-hybridized carbons (Fsp3) is 0.909. The lowest BCUT2D eigenvalue weighted by molar-refractivity contribution is -0.134. The van der Waals surface area contributed by atoms with Crippen LogP contribution in [0.2, 0.25) is 0 Å². The minimum absolute atomic E-state index is 0.226. The minimum atomic E-state index is -4.34. The highest BCUT2D eigenvalue weighted by molar-refractivity contribution is 7.89. The Morgan fingerprint density at radius 2 is 1.84 bits per heavy atom. The standard InChI is InChI=1S/C11H17F3N2O2S/c12-11(13,14)6-3-9-19(17,18)16(8-7-15)10-4-1-2-5-10/h10H,1-6,8-9H2. The molecule has 4 nitrogen and oxygen atoms in total. The van der Waals surface area contributed by atoms with E-state index in [4.69, 9.17) is 5.26 Å². The third-order valence-electron chi connectivity index (χ3n) is 3.18. The first-order valence-electron chi connectivity index (χ1n) is 6.19. The van der Waals surface area contributed by atoms with Crippen LogP contribution in [0.5, 0.6) is 0 Å². The smallest absolute Gasteiger partial charge is 0.212 e. The fourth-order valence-corrected chi connectivity index (χ4v) is 3.95. The van der Waals surface area contributed by atoms with Gasteiger partial charge < -0.3 is 0 Å². The summed E-state index contributed by atoms with van der Waals surface area (Å²) in [6.07, 6.45) is -2.77. The summed E-state index contributed by atoms with van der Waals surface area (Å²) in [4.78, 5) is 0. The summed E-state index contributed by atoms with van der Waals surface area (Å²) in [5.74, 6) is -0.551. The molecule has 19 heavy (non-hydrogen) atoms. The molecule has 110 valence electrons. The van der Waals surface area contributed by atoms with Crippen LogP contribution in [0.1, 0.15) is 38.5 Å². The van der Waals surface area contributed by atoms with E-state index in [1.54, 1.807) is 6.07 Å². The van der Waals surface area contributed by atoms with Crippen molar-refractivity contribution >= 4 is 10.0 Å². The number of nitrogens with zero attached hydrogens (tertiary/aromatic N) is 2. The van der Waals surface area contributed by atoms with Crippen molar-refractivity contribution in [3.8, 4) is 6.07 Å². The number of halogens is 3. The average molecular weight is 298 g/mol. The van der Waals surface area contributed by atoms with Crippen LogP contribution in [0.15, 0.2) is 0 Å². The van der Waals surface area contributed by atoms with Crippen LogP contribution in [0, 0.1) is 11.3 Å². The summed E-state index contributed by atoms with van der Waals surface area (Å²) in [5.41, 5.74) is 0. The van der Waals surface area contributed by atoms with Crippen molar-refractivity contribution in [2.75, 3.05) is 12.3 Å². The van der Waals surface area contributed by atoms with Gasteiger partial charge in [0.25, 0.3) is 0 Å². The van der Waals surface area contributed by atoms with Crippen LogP contribution in [0.3, 0.4) is 0 Å². The Morgan fingerprint density at radius 1 is 1.26 bits per heavy atom. The maximum Gasteiger partial charge on any atom is 0.389 e. The van der Waals surface area contributed by atoms with Crippen molar-refractivity contribution in [3.05, 3.63) is 0 Å². The third kappa shape index (κ3) is 5.37. The normalized spacial score (nSPS) is 17.8. The zero-order valence-corrected chi connectivity index (χ0v) is 11.3. The second-order valence-corrected chi connectivity index (χ2v) is 6.72. The Bertz CT molecular complexity index is 422. The number of nitriles is 1. The van der Waals surface area contributed by atoms with E-state index in [0.717, 1.165) is 17.1 Å². The number of hydrogen-bond acceptors (Lipinski definition) is 3. The van der Waals surface area contributed by atoms with Crippen LogP contribution in [0.25, 0.3) is 0 Å². The van der Waals surface area contributed by atoms with Crippen LogP contribution < -0.4 is 0 Å². The minimum Gasteiger partial charge on any atom is -0.212 e. The maximum atomic E-state index is 12.0. The molecular weight excluding hydrogens is 281 g/mol. The highest BCUT2D eigenvalue weighted by atomic mass is 32.2. The zero-order valence-electron chi connectivity index (χ0n) is 10.5. The van der Waals surface area contributed by atoms with Crippen LogP contribution in [-0.2, 0) is 10.0 Å². The highest BCUT2D eigenvalue weighted by Crippen LogP contribution is 2.27. The van der Waals surface area contributed by atoms with Gasteiger partial charge in [-0.1, -0.05) is 12.8 Å². The Morgan fingerprint density at radius 3 is 2.32 bits per heavy atom. The fourth-order valence-electron chi connectivity index (χ4n) is 2.29. The van der Waals surface area contributed by atoms with Crippen LogP contribution in [-0.4, -0.2) is 37.2 Å². The summed E-state index contributed by atoms with van der Waals surface area (Å²) in [7, 11) is -3.78. The highest BCUT2D eigenvalue weighted by Gasteiger charge is 2.33. The Balaban J connectivity index is 2.63. The molecule has 8 heteroatoms. The predicted octanol–water partition coefficient (Wildman–Crippen LogP) is 2.43. The van der Waals surface area contributed by atoms with Crippen LogP contribution >= 0.6 is 0 Å². The van der Waals surface area contributed by atoms with Crippen LogP contribution in [0.4, 0.5) is 13.2 Å². The van der Waals surface area contributed by atoms with Gasteiger partial charge >= 0.3 is 6.18 Å². The monoisotopic (exact) mass is 298 g/mol. The van der Waals surface area contributed by atoms with Crippen molar-refractivity contribution in [1.82, 2.24) is 4.31 Å². The lowest BCUT2D eigenvalue weighted by Gasteiger charge is -2.25. The second-order valence-electron chi connectivity index (χ2n) is 4.68. The molecule has 1 fully saturated rings. The van der Waals surface area contributed by atoms with E-state index >= 15 is 0 Å². The van der Waals surface area contributed by atoms with E-state index in [-0.39, 0.29) is 12.6 Å². The van der Waals surface area contributed by atoms with E-state index in [2.05, 4.69) is 0 Å². The molecule has 1 aliphatic carbocycles. The Labute approximate surface area is 111 Å². The van der Waals surface area contributed by atoms with Crippen molar-refractivity contribution in [3.63, 3.8) is 0 Å². The molecule has 0 aromatic heterocycles. The molecule has 1 rings (SSSR count). The van der Waals surface area contributed by atoms with E-state index in [0.29, 0.717) is 12.8 Å². The summed E-state index contributed by atoms with van der Waals surface area (Å²) in [5, 5.41) is 8.68. The van der Waals surface area contributed by atoms with Crippen molar-refractivity contribution < 1.29 is 21.6 Å². The van der Waals surface area contributed by atoms with Gasteiger partial charge in [-0.15, -0.1) is 0 Å². The summed E-state index contributed by atoms with van der Waals surface area (Å²) in [6, 6.07) is 1.56. The quantitative estimate of drug-likeness (QED) is 0.708. The largest absolute Gasteiger partial charge is 0.389 e. The SMILES string of the molecule is N#CCN(C1CCCC1)S(=O)(=O)CCCC(F)(F)F. The maximum absolute atomic E-state index is 12.0.